The summed E-state index contributed by atoms with van der Waals surface area (Å²) in [5.41, 5.74) is 1.03. The highest BCUT2D eigenvalue weighted by atomic mass is 35.5. The molecule has 0 unspecified atom stereocenters. The van der Waals surface area contributed by atoms with E-state index in [0.717, 1.165) is 10.8 Å². The standard InChI is InChI=1S/C28H25Cl2NO7/c1-14(31-25(32)19-13-20(26(33)34)24(19)27(35)36)23(11-15-6-9-21(29)22(30)10-15)38-28(37)18-8-7-16-4-2-3-5-17(16)12-18/h2-10,12,14,19-20,23-24H,11,13H2,1H3,(H,31,32)(H,33,34)(H,35,36)/t14-,19-,20-,23+,24-/m0/s1. The molecular weight excluding hydrogens is 533 g/mol. The summed E-state index contributed by atoms with van der Waals surface area (Å²) in [5, 5.41) is 23.9. The van der Waals surface area contributed by atoms with Crippen molar-refractivity contribution in [1.82, 2.24) is 5.32 Å². The molecule has 198 valence electrons. The molecule has 10 heteroatoms. The van der Waals surface area contributed by atoms with Gasteiger partial charge >= 0.3 is 17.9 Å². The molecular formula is C28H25Cl2NO7. The Hall–Kier alpha value is -3.62. The van der Waals surface area contributed by atoms with Gasteiger partial charge in [0.1, 0.15) is 6.10 Å². The summed E-state index contributed by atoms with van der Waals surface area (Å²) in [6, 6.07) is 17.0. The molecule has 1 fully saturated rings. The van der Waals surface area contributed by atoms with E-state index < -0.39 is 53.7 Å². The first-order chi connectivity index (χ1) is 18.0. The predicted octanol–water partition coefficient (Wildman–Crippen LogP) is 4.84. The van der Waals surface area contributed by atoms with Gasteiger partial charge in [-0.3, -0.25) is 14.4 Å². The van der Waals surface area contributed by atoms with Crippen LogP contribution in [-0.2, 0) is 25.5 Å². The maximum absolute atomic E-state index is 13.1. The van der Waals surface area contributed by atoms with Crippen LogP contribution >= 0.6 is 23.2 Å². The van der Waals surface area contributed by atoms with Gasteiger partial charge < -0.3 is 20.3 Å². The number of carboxylic acids is 2. The highest BCUT2D eigenvalue weighted by molar-refractivity contribution is 6.42. The smallest absolute Gasteiger partial charge is 0.338 e. The number of halogens is 2. The third-order valence-corrected chi connectivity index (χ3v) is 7.65. The second-order valence-corrected chi connectivity index (χ2v) is 10.2. The van der Waals surface area contributed by atoms with E-state index >= 15 is 0 Å². The fourth-order valence-electron chi connectivity index (χ4n) is 4.69. The number of carbonyl (C=O) groups is 4. The minimum absolute atomic E-state index is 0.0841. The van der Waals surface area contributed by atoms with Crippen LogP contribution in [-0.4, -0.2) is 46.2 Å². The molecule has 0 spiro atoms. The summed E-state index contributed by atoms with van der Waals surface area (Å²) >= 11 is 12.2. The van der Waals surface area contributed by atoms with Crippen molar-refractivity contribution in [2.45, 2.75) is 31.9 Å². The van der Waals surface area contributed by atoms with Gasteiger partial charge in [-0.15, -0.1) is 0 Å². The van der Waals surface area contributed by atoms with Gasteiger partial charge in [0.25, 0.3) is 0 Å². The number of ether oxygens (including phenoxy) is 1. The lowest BCUT2D eigenvalue weighted by Crippen LogP contribution is -2.55. The van der Waals surface area contributed by atoms with E-state index in [0.29, 0.717) is 21.2 Å². The summed E-state index contributed by atoms with van der Waals surface area (Å²) < 4.78 is 5.85. The SMILES string of the molecule is C[C@H](NC(=O)[C@H]1C[C@H](C(=O)O)[C@H]1C(=O)O)[C@@H](Cc1ccc(Cl)c(Cl)c1)OC(=O)c1ccc2ccccc2c1. The van der Waals surface area contributed by atoms with Crippen LogP contribution in [0.3, 0.4) is 0 Å². The molecule has 3 aromatic carbocycles. The highest BCUT2D eigenvalue weighted by Crippen LogP contribution is 2.41. The molecule has 3 aromatic rings. The van der Waals surface area contributed by atoms with Crippen LogP contribution < -0.4 is 5.32 Å². The fourth-order valence-corrected chi connectivity index (χ4v) is 5.01. The number of hydrogen-bond acceptors (Lipinski definition) is 5. The molecule has 0 saturated heterocycles. The molecule has 1 aliphatic rings. The van der Waals surface area contributed by atoms with Gasteiger partial charge in [-0.1, -0.05) is 59.6 Å². The van der Waals surface area contributed by atoms with E-state index in [2.05, 4.69) is 5.32 Å². The number of hydrogen-bond donors (Lipinski definition) is 3. The maximum atomic E-state index is 13.1. The molecule has 0 heterocycles. The average Bonchev–Trinajstić information content (AvgIpc) is 2.84. The summed E-state index contributed by atoms with van der Waals surface area (Å²) in [6.45, 7) is 1.64. The van der Waals surface area contributed by atoms with Gasteiger partial charge in [0.05, 0.1) is 39.4 Å². The number of nitrogens with one attached hydrogen (secondary N) is 1. The lowest BCUT2D eigenvalue weighted by atomic mass is 9.64. The van der Waals surface area contributed by atoms with Gasteiger partial charge in [0, 0.05) is 6.42 Å². The first-order valence-electron chi connectivity index (χ1n) is 11.9. The molecule has 0 aliphatic heterocycles. The van der Waals surface area contributed by atoms with Crippen LogP contribution in [0.5, 0.6) is 0 Å². The first kappa shape index (κ1) is 27.4. The third-order valence-electron chi connectivity index (χ3n) is 6.91. The Morgan fingerprint density at radius 3 is 2.29 bits per heavy atom. The van der Waals surface area contributed by atoms with E-state index in [9.17, 15) is 29.4 Å². The van der Waals surface area contributed by atoms with E-state index in [-0.39, 0.29) is 12.8 Å². The van der Waals surface area contributed by atoms with Crippen molar-refractivity contribution in [2.24, 2.45) is 17.8 Å². The Kier molecular flexibility index (Phi) is 8.23. The van der Waals surface area contributed by atoms with Crippen LogP contribution in [0.25, 0.3) is 10.8 Å². The normalized spacial score (nSPS) is 20.1. The van der Waals surface area contributed by atoms with Crippen LogP contribution in [0.2, 0.25) is 10.0 Å². The minimum atomic E-state index is -1.34. The van der Waals surface area contributed by atoms with Crippen molar-refractivity contribution < 1.29 is 34.1 Å². The van der Waals surface area contributed by atoms with Gasteiger partial charge in [0.2, 0.25) is 5.91 Å². The Balaban J connectivity index is 1.54. The fraction of sp³-hybridized carbons (Fsp3) is 0.286. The van der Waals surface area contributed by atoms with Crippen molar-refractivity contribution in [3.05, 3.63) is 81.8 Å². The highest BCUT2D eigenvalue weighted by Gasteiger charge is 2.53. The number of carbonyl (C=O) groups excluding carboxylic acids is 2. The molecule has 3 N–H and O–H groups in total. The van der Waals surface area contributed by atoms with Gasteiger partial charge in [-0.2, -0.15) is 0 Å². The van der Waals surface area contributed by atoms with Crippen molar-refractivity contribution in [3.63, 3.8) is 0 Å². The van der Waals surface area contributed by atoms with Gasteiger partial charge in [0.15, 0.2) is 0 Å². The predicted molar refractivity (Wildman–Crippen MR) is 141 cm³/mol. The van der Waals surface area contributed by atoms with Crippen molar-refractivity contribution in [3.8, 4) is 0 Å². The second-order valence-electron chi connectivity index (χ2n) is 9.41. The molecule has 1 amide bonds. The lowest BCUT2D eigenvalue weighted by molar-refractivity contribution is -0.169. The van der Waals surface area contributed by atoms with Gasteiger partial charge in [-0.25, -0.2) is 4.79 Å². The topological polar surface area (TPSA) is 130 Å². The Bertz CT molecular complexity index is 1410. The number of rotatable bonds is 9. The van der Waals surface area contributed by atoms with Crippen LogP contribution in [0.4, 0.5) is 0 Å². The summed E-state index contributed by atoms with van der Waals surface area (Å²) in [7, 11) is 0. The third kappa shape index (κ3) is 5.92. The minimum Gasteiger partial charge on any atom is -0.481 e. The van der Waals surface area contributed by atoms with Crippen molar-refractivity contribution in [1.29, 1.82) is 0 Å². The Labute approximate surface area is 228 Å². The van der Waals surface area contributed by atoms with Crippen LogP contribution in [0.15, 0.2) is 60.7 Å². The Morgan fingerprint density at radius 1 is 0.921 bits per heavy atom. The van der Waals surface area contributed by atoms with E-state index in [1.165, 1.54) is 0 Å². The molecule has 1 saturated carbocycles. The Morgan fingerprint density at radius 2 is 1.63 bits per heavy atom. The quantitative estimate of drug-likeness (QED) is 0.321. The summed E-state index contributed by atoms with van der Waals surface area (Å²) in [4.78, 5) is 49.0. The average molecular weight is 558 g/mol. The number of aliphatic carboxylic acids is 2. The largest absolute Gasteiger partial charge is 0.481 e. The molecule has 0 radical (unpaired) electrons. The molecule has 1 aliphatic carbocycles. The van der Waals surface area contributed by atoms with Crippen molar-refractivity contribution >= 4 is 57.8 Å². The monoisotopic (exact) mass is 557 g/mol. The molecule has 4 rings (SSSR count). The lowest BCUT2D eigenvalue weighted by Gasteiger charge is -2.39. The maximum Gasteiger partial charge on any atom is 0.338 e. The number of amides is 1. The van der Waals surface area contributed by atoms with Gasteiger partial charge in [-0.05, 0) is 53.9 Å². The molecule has 8 nitrogen and oxygen atoms in total. The molecule has 0 aromatic heterocycles. The van der Waals surface area contributed by atoms with E-state index in [1.54, 1.807) is 37.3 Å². The number of fused-ring (bicyclic) bond motifs is 1. The summed E-state index contributed by atoms with van der Waals surface area (Å²) in [6.07, 6.45) is -0.754. The zero-order chi connectivity index (χ0) is 27.6. The zero-order valence-corrected chi connectivity index (χ0v) is 21.8. The van der Waals surface area contributed by atoms with Crippen LogP contribution in [0, 0.1) is 17.8 Å². The van der Waals surface area contributed by atoms with Crippen molar-refractivity contribution in [2.75, 3.05) is 0 Å². The molecule has 38 heavy (non-hydrogen) atoms. The first-order valence-corrected chi connectivity index (χ1v) is 12.7. The summed E-state index contributed by atoms with van der Waals surface area (Å²) in [5.74, 6) is -7.26. The van der Waals surface area contributed by atoms with Crippen LogP contribution in [0.1, 0.15) is 29.3 Å². The second kappa shape index (κ2) is 11.4. The van der Waals surface area contributed by atoms with E-state index in [4.69, 9.17) is 27.9 Å². The molecule has 5 atom stereocenters. The van der Waals surface area contributed by atoms with E-state index in [1.807, 2.05) is 30.3 Å². The number of benzene rings is 3. The molecule has 0 bridgehead atoms. The number of carboxylic acid groups (broad SMARTS) is 2. The zero-order valence-electron chi connectivity index (χ0n) is 20.3. The number of esters is 1.